The van der Waals surface area contributed by atoms with E-state index in [9.17, 15) is 14.4 Å². The molecule has 3 rings (SSSR count). The maximum Gasteiger partial charge on any atom is 0.236 e. The fourth-order valence-corrected chi connectivity index (χ4v) is 3.65. The maximum atomic E-state index is 12.4. The van der Waals surface area contributed by atoms with Gasteiger partial charge in [0.15, 0.2) is 0 Å². The zero-order valence-corrected chi connectivity index (χ0v) is 16.7. The van der Waals surface area contributed by atoms with Crippen LogP contribution >= 0.6 is 0 Å². The van der Waals surface area contributed by atoms with Crippen LogP contribution in [0, 0.1) is 5.92 Å². The fourth-order valence-electron chi connectivity index (χ4n) is 3.65. The molecule has 7 nitrogen and oxygen atoms in total. The van der Waals surface area contributed by atoms with E-state index in [1.165, 1.54) is 5.52 Å². The van der Waals surface area contributed by atoms with Crippen LogP contribution in [0.3, 0.4) is 0 Å². The number of aryl methyl sites for hydroxylation is 1. The summed E-state index contributed by atoms with van der Waals surface area (Å²) in [7, 11) is 0. The number of hydrogen-bond donors (Lipinski definition) is 3. The Morgan fingerprint density at radius 2 is 1.69 bits per heavy atom. The number of carbonyl (C=O) groups excluding carboxylic acids is 3. The first-order valence-corrected chi connectivity index (χ1v) is 9.75. The molecule has 4 N–H and O–H groups in total. The highest BCUT2D eigenvalue weighted by molar-refractivity contribution is 6.09. The van der Waals surface area contributed by atoms with Crippen LogP contribution in [0.2, 0.25) is 0 Å². The van der Waals surface area contributed by atoms with Crippen molar-refractivity contribution in [3.05, 3.63) is 42.5 Å². The standard InChI is InChI=1S/C22H26N4O3/c1-3-26-18-7-5-4-6-16(18)17-12-15(8-9-19(17)26)25-22(29)11-14(2)10-21(28)24-13-20(23)27/h4-9,12,14H,3,10-11,13H2,1-2H3,(H2,23,27)(H,24,28)(H,25,29)/t14-/m1/s1. The summed E-state index contributed by atoms with van der Waals surface area (Å²) in [6.07, 6.45) is 0.364. The molecule has 0 bridgehead atoms. The molecule has 0 aliphatic rings. The zero-order chi connectivity index (χ0) is 21.0. The van der Waals surface area contributed by atoms with Crippen molar-refractivity contribution in [3.63, 3.8) is 0 Å². The number of fused-ring (bicyclic) bond motifs is 3. The lowest BCUT2D eigenvalue weighted by Crippen LogP contribution is -2.34. The molecule has 1 heterocycles. The van der Waals surface area contributed by atoms with Crippen molar-refractivity contribution >= 4 is 45.2 Å². The molecule has 0 fully saturated rings. The van der Waals surface area contributed by atoms with E-state index in [1.807, 2.05) is 37.3 Å². The molecule has 0 spiro atoms. The molecule has 7 heteroatoms. The molecule has 3 amide bonds. The topological polar surface area (TPSA) is 106 Å². The van der Waals surface area contributed by atoms with Crippen LogP contribution in [0.1, 0.15) is 26.7 Å². The number of nitrogens with zero attached hydrogens (tertiary/aromatic N) is 1. The molecule has 2 aromatic carbocycles. The molecule has 0 saturated carbocycles. The number of aromatic nitrogens is 1. The second kappa shape index (κ2) is 8.77. The fraction of sp³-hybridized carbons (Fsp3) is 0.318. The van der Waals surface area contributed by atoms with Crippen LogP contribution in [0.25, 0.3) is 21.8 Å². The van der Waals surface area contributed by atoms with Crippen LogP contribution in [0.15, 0.2) is 42.5 Å². The smallest absolute Gasteiger partial charge is 0.236 e. The SMILES string of the molecule is CCn1c2ccccc2c2cc(NC(=O)C[C@H](C)CC(=O)NCC(N)=O)ccc21. The molecule has 152 valence electrons. The van der Waals surface area contributed by atoms with Crippen molar-refractivity contribution in [2.24, 2.45) is 11.7 Å². The van der Waals surface area contributed by atoms with E-state index in [2.05, 4.69) is 34.3 Å². The molecular weight excluding hydrogens is 368 g/mol. The Morgan fingerprint density at radius 1 is 1.00 bits per heavy atom. The molecule has 0 saturated heterocycles. The van der Waals surface area contributed by atoms with Crippen LogP contribution in [-0.4, -0.2) is 28.8 Å². The number of para-hydroxylation sites is 1. The lowest BCUT2D eigenvalue weighted by Gasteiger charge is -2.12. The summed E-state index contributed by atoms with van der Waals surface area (Å²) in [6, 6.07) is 14.1. The molecule has 0 radical (unpaired) electrons. The number of nitrogens with two attached hydrogens (primary N) is 1. The Morgan fingerprint density at radius 3 is 2.41 bits per heavy atom. The van der Waals surface area contributed by atoms with Gasteiger partial charge in [0.2, 0.25) is 17.7 Å². The van der Waals surface area contributed by atoms with Gasteiger partial charge in [0.25, 0.3) is 0 Å². The van der Waals surface area contributed by atoms with Crippen LogP contribution < -0.4 is 16.4 Å². The molecule has 0 unspecified atom stereocenters. The minimum atomic E-state index is -0.594. The number of benzene rings is 2. The quantitative estimate of drug-likeness (QED) is 0.547. The van der Waals surface area contributed by atoms with Gasteiger partial charge in [-0.25, -0.2) is 0 Å². The van der Waals surface area contributed by atoms with Gasteiger partial charge in [0.05, 0.1) is 6.54 Å². The van der Waals surface area contributed by atoms with Crippen molar-refractivity contribution in [3.8, 4) is 0 Å². The van der Waals surface area contributed by atoms with Crippen LogP contribution in [-0.2, 0) is 20.9 Å². The van der Waals surface area contributed by atoms with Gasteiger partial charge in [0.1, 0.15) is 0 Å². The number of anilines is 1. The maximum absolute atomic E-state index is 12.4. The van der Waals surface area contributed by atoms with Crippen molar-refractivity contribution in [1.82, 2.24) is 9.88 Å². The minimum absolute atomic E-state index is 0.154. The van der Waals surface area contributed by atoms with E-state index in [1.54, 1.807) is 0 Å². The molecular formula is C22H26N4O3. The summed E-state index contributed by atoms with van der Waals surface area (Å²) in [5, 5.41) is 7.61. The van der Waals surface area contributed by atoms with Gasteiger partial charge in [-0.05, 0) is 37.1 Å². The Labute approximate surface area is 169 Å². The molecule has 29 heavy (non-hydrogen) atoms. The summed E-state index contributed by atoms with van der Waals surface area (Å²) in [5.74, 6) is -1.20. The lowest BCUT2D eigenvalue weighted by molar-refractivity contribution is -0.125. The summed E-state index contributed by atoms with van der Waals surface area (Å²) in [6.45, 7) is 4.61. The Bertz CT molecular complexity index is 1070. The zero-order valence-electron chi connectivity index (χ0n) is 16.7. The van der Waals surface area contributed by atoms with E-state index >= 15 is 0 Å². The van der Waals surface area contributed by atoms with Gasteiger partial charge in [-0.2, -0.15) is 0 Å². The molecule has 0 aliphatic carbocycles. The van der Waals surface area contributed by atoms with E-state index in [0.29, 0.717) is 0 Å². The molecule has 3 aromatic rings. The van der Waals surface area contributed by atoms with Crippen molar-refractivity contribution < 1.29 is 14.4 Å². The van der Waals surface area contributed by atoms with Gasteiger partial charge in [-0.1, -0.05) is 25.1 Å². The number of amides is 3. The van der Waals surface area contributed by atoms with Gasteiger partial charge in [-0.3, -0.25) is 14.4 Å². The number of primary amides is 1. The van der Waals surface area contributed by atoms with Gasteiger partial charge >= 0.3 is 0 Å². The summed E-state index contributed by atoms with van der Waals surface area (Å²) < 4.78 is 2.25. The first kappa shape index (κ1) is 20.4. The number of rotatable bonds is 8. The lowest BCUT2D eigenvalue weighted by atomic mass is 10.0. The van der Waals surface area contributed by atoms with Crippen LogP contribution in [0.5, 0.6) is 0 Å². The highest BCUT2D eigenvalue weighted by Gasteiger charge is 2.15. The molecule has 0 aliphatic heterocycles. The summed E-state index contributed by atoms with van der Waals surface area (Å²) >= 11 is 0. The summed E-state index contributed by atoms with van der Waals surface area (Å²) in [5.41, 5.74) is 8.03. The van der Waals surface area contributed by atoms with Crippen LogP contribution in [0.4, 0.5) is 5.69 Å². The molecule has 1 atom stereocenters. The third-order valence-corrected chi connectivity index (χ3v) is 4.90. The predicted octanol–water partition coefficient (Wildman–Crippen LogP) is 2.77. The highest BCUT2D eigenvalue weighted by Crippen LogP contribution is 2.31. The van der Waals surface area contributed by atoms with Crippen molar-refractivity contribution in [2.75, 3.05) is 11.9 Å². The van der Waals surface area contributed by atoms with E-state index in [-0.39, 0.29) is 37.1 Å². The third-order valence-electron chi connectivity index (χ3n) is 4.90. The Kier molecular flexibility index (Phi) is 6.16. The average molecular weight is 394 g/mol. The minimum Gasteiger partial charge on any atom is -0.368 e. The monoisotopic (exact) mass is 394 g/mol. The first-order chi connectivity index (χ1) is 13.9. The number of carbonyl (C=O) groups is 3. The van der Waals surface area contributed by atoms with E-state index in [4.69, 9.17) is 5.73 Å². The first-order valence-electron chi connectivity index (χ1n) is 9.75. The van der Waals surface area contributed by atoms with Gasteiger partial charge in [-0.15, -0.1) is 0 Å². The largest absolute Gasteiger partial charge is 0.368 e. The average Bonchev–Trinajstić information content (AvgIpc) is 2.99. The number of hydrogen-bond acceptors (Lipinski definition) is 3. The van der Waals surface area contributed by atoms with E-state index < -0.39 is 5.91 Å². The molecule has 1 aromatic heterocycles. The Hall–Kier alpha value is -3.35. The van der Waals surface area contributed by atoms with Gasteiger partial charge in [0, 0.05) is 46.9 Å². The Balaban J connectivity index is 1.68. The van der Waals surface area contributed by atoms with Crippen molar-refractivity contribution in [2.45, 2.75) is 33.2 Å². The summed E-state index contributed by atoms with van der Waals surface area (Å²) in [4.78, 5) is 34.9. The normalized spacial score (nSPS) is 12.1. The second-order valence-corrected chi connectivity index (χ2v) is 7.30. The third kappa shape index (κ3) is 4.74. The predicted molar refractivity (Wildman–Crippen MR) is 114 cm³/mol. The highest BCUT2D eigenvalue weighted by atomic mass is 16.2. The van der Waals surface area contributed by atoms with Crippen molar-refractivity contribution in [1.29, 1.82) is 0 Å². The number of nitrogens with one attached hydrogen (secondary N) is 2. The second-order valence-electron chi connectivity index (χ2n) is 7.30. The van der Waals surface area contributed by atoms with Gasteiger partial charge < -0.3 is 20.9 Å². The van der Waals surface area contributed by atoms with E-state index in [0.717, 1.165) is 28.5 Å².